The first-order valence-electron chi connectivity index (χ1n) is 5.11. The summed E-state index contributed by atoms with van der Waals surface area (Å²) in [4.78, 5) is 11.4. The fourth-order valence-corrected chi connectivity index (χ4v) is 1.54. The number of amides is 1. The van der Waals surface area contributed by atoms with E-state index in [1.807, 2.05) is 6.26 Å². The Hall–Kier alpha value is -0.730. The normalized spacial score (nSPS) is 11.8. The molecule has 0 aromatic rings. The molecule has 0 rings (SSSR count). The molecule has 1 atom stereocenters. The molecule has 0 bridgehead atoms. The Morgan fingerprint density at radius 2 is 2.33 bits per heavy atom. The van der Waals surface area contributed by atoms with Gasteiger partial charge in [-0.05, 0) is 31.3 Å². The maximum absolute atomic E-state index is 11.4. The minimum Gasteiger partial charge on any atom is -0.355 e. The fraction of sp³-hybridized carbons (Fsp3) is 0.800. The molecule has 0 aliphatic carbocycles. The lowest BCUT2D eigenvalue weighted by Crippen LogP contribution is -2.41. The summed E-state index contributed by atoms with van der Waals surface area (Å²) < 4.78 is 0. The lowest BCUT2D eigenvalue weighted by Gasteiger charge is -2.10. The molecule has 0 spiro atoms. The van der Waals surface area contributed by atoms with Crippen molar-refractivity contribution in [2.45, 2.75) is 31.7 Å². The number of thioether (sulfide) groups is 1. The molecular weight excluding hydrogens is 210 g/mol. The van der Waals surface area contributed by atoms with E-state index in [-0.39, 0.29) is 5.91 Å². The highest BCUT2D eigenvalue weighted by molar-refractivity contribution is 7.98. The fourth-order valence-electron chi connectivity index (χ4n) is 1.05. The standard InChI is InChI=1S/C10H19N3OS/c1-15-8-5-9(12)10(14)13-7-4-2-3-6-11/h9H,2-5,7-8,12H2,1H3,(H,13,14)/t9-/m0/s1. The van der Waals surface area contributed by atoms with Crippen LogP contribution in [-0.2, 0) is 4.79 Å². The van der Waals surface area contributed by atoms with Gasteiger partial charge in [-0.1, -0.05) is 0 Å². The number of rotatable bonds is 8. The van der Waals surface area contributed by atoms with Crippen molar-refractivity contribution in [2.75, 3.05) is 18.6 Å². The smallest absolute Gasteiger partial charge is 0.236 e. The molecule has 5 heteroatoms. The number of hydrogen-bond acceptors (Lipinski definition) is 4. The molecule has 0 aromatic heterocycles. The first-order valence-corrected chi connectivity index (χ1v) is 6.51. The molecule has 0 aliphatic heterocycles. The number of carbonyl (C=O) groups excluding carboxylic acids is 1. The Balaban J connectivity index is 3.43. The number of nitrogens with one attached hydrogen (secondary N) is 1. The Bertz CT molecular complexity index is 215. The monoisotopic (exact) mass is 229 g/mol. The van der Waals surface area contributed by atoms with Crippen LogP contribution in [-0.4, -0.2) is 30.5 Å². The van der Waals surface area contributed by atoms with Gasteiger partial charge in [0.15, 0.2) is 0 Å². The number of nitriles is 1. The average molecular weight is 229 g/mol. The van der Waals surface area contributed by atoms with Gasteiger partial charge in [0.1, 0.15) is 0 Å². The van der Waals surface area contributed by atoms with Crippen LogP contribution in [0.4, 0.5) is 0 Å². The second-order valence-corrected chi connectivity index (χ2v) is 4.28. The molecular formula is C10H19N3OS. The number of nitrogens with zero attached hydrogens (tertiary/aromatic N) is 1. The third kappa shape index (κ3) is 8.28. The van der Waals surface area contributed by atoms with E-state index >= 15 is 0 Å². The van der Waals surface area contributed by atoms with Crippen LogP contribution in [0.25, 0.3) is 0 Å². The number of carbonyl (C=O) groups is 1. The Morgan fingerprint density at radius 1 is 1.60 bits per heavy atom. The van der Waals surface area contributed by atoms with Crippen LogP contribution in [0.5, 0.6) is 0 Å². The van der Waals surface area contributed by atoms with E-state index in [4.69, 9.17) is 11.0 Å². The highest BCUT2D eigenvalue weighted by Crippen LogP contribution is 1.99. The summed E-state index contributed by atoms with van der Waals surface area (Å²) in [6.07, 6.45) is 4.93. The summed E-state index contributed by atoms with van der Waals surface area (Å²) in [6.45, 7) is 0.619. The number of hydrogen-bond donors (Lipinski definition) is 2. The molecule has 0 radical (unpaired) electrons. The maximum Gasteiger partial charge on any atom is 0.236 e. The first kappa shape index (κ1) is 14.3. The van der Waals surface area contributed by atoms with Crippen molar-refractivity contribution in [3.63, 3.8) is 0 Å². The Morgan fingerprint density at radius 3 is 2.93 bits per heavy atom. The lowest BCUT2D eigenvalue weighted by atomic mass is 10.2. The number of unbranched alkanes of at least 4 members (excludes halogenated alkanes) is 2. The highest BCUT2D eigenvalue weighted by atomic mass is 32.2. The summed E-state index contributed by atoms with van der Waals surface area (Å²) in [7, 11) is 0. The maximum atomic E-state index is 11.4. The number of nitrogens with two attached hydrogens (primary N) is 1. The van der Waals surface area contributed by atoms with Crippen LogP contribution in [0.15, 0.2) is 0 Å². The third-order valence-electron chi connectivity index (χ3n) is 1.98. The minimum atomic E-state index is -0.395. The van der Waals surface area contributed by atoms with Crippen LogP contribution in [0.1, 0.15) is 25.7 Å². The van der Waals surface area contributed by atoms with Crippen LogP contribution in [0.3, 0.4) is 0 Å². The molecule has 0 saturated carbocycles. The molecule has 4 nitrogen and oxygen atoms in total. The summed E-state index contributed by atoms with van der Waals surface area (Å²) in [5, 5.41) is 11.1. The zero-order valence-corrected chi connectivity index (χ0v) is 9.98. The second kappa shape index (κ2) is 9.81. The quantitative estimate of drug-likeness (QED) is 0.605. The van der Waals surface area contributed by atoms with Gasteiger partial charge in [-0.2, -0.15) is 17.0 Å². The third-order valence-corrected chi connectivity index (χ3v) is 2.63. The van der Waals surface area contributed by atoms with Gasteiger partial charge in [0, 0.05) is 13.0 Å². The topological polar surface area (TPSA) is 78.9 Å². The second-order valence-electron chi connectivity index (χ2n) is 3.29. The lowest BCUT2D eigenvalue weighted by molar-refractivity contribution is -0.122. The largest absolute Gasteiger partial charge is 0.355 e. The van der Waals surface area contributed by atoms with Crippen molar-refractivity contribution in [3.8, 4) is 6.07 Å². The summed E-state index contributed by atoms with van der Waals surface area (Å²) in [5.41, 5.74) is 5.67. The van der Waals surface area contributed by atoms with Crippen molar-refractivity contribution in [1.82, 2.24) is 5.32 Å². The molecule has 0 aliphatic rings. The van der Waals surface area contributed by atoms with Crippen molar-refractivity contribution in [2.24, 2.45) is 5.73 Å². The molecule has 15 heavy (non-hydrogen) atoms. The predicted octanol–water partition coefficient (Wildman–Crippen LogP) is 0.877. The van der Waals surface area contributed by atoms with E-state index in [2.05, 4.69) is 11.4 Å². The Labute approximate surface area is 95.6 Å². The van der Waals surface area contributed by atoms with Crippen molar-refractivity contribution < 1.29 is 4.79 Å². The summed E-state index contributed by atoms with van der Waals surface area (Å²) >= 11 is 1.69. The predicted molar refractivity (Wildman–Crippen MR) is 63.4 cm³/mol. The zero-order valence-electron chi connectivity index (χ0n) is 9.16. The summed E-state index contributed by atoms with van der Waals surface area (Å²) in [6, 6.07) is 1.67. The van der Waals surface area contributed by atoms with Crippen molar-refractivity contribution in [1.29, 1.82) is 5.26 Å². The molecule has 86 valence electrons. The van der Waals surface area contributed by atoms with Crippen molar-refractivity contribution in [3.05, 3.63) is 0 Å². The molecule has 3 N–H and O–H groups in total. The van der Waals surface area contributed by atoms with Gasteiger partial charge in [-0.25, -0.2) is 0 Å². The van der Waals surface area contributed by atoms with Gasteiger partial charge in [-0.3, -0.25) is 4.79 Å². The van der Waals surface area contributed by atoms with E-state index in [1.54, 1.807) is 11.8 Å². The van der Waals surface area contributed by atoms with Gasteiger partial charge in [0.2, 0.25) is 5.91 Å². The molecule has 0 fully saturated rings. The summed E-state index contributed by atoms with van der Waals surface area (Å²) in [5.74, 6) is 0.823. The van der Waals surface area contributed by atoms with Crippen LogP contribution in [0.2, 0.25) is 0 Å². The minimum absolute atomic E-state index is 0.0824. The van der Waals surface area contributed by atoms with Gasteiger partial charge >= 0.3 is 0 Å². The van der Waals surface area contributed by atoms with Gasteiger partial charge in [0.25, 0.3) is 0 Å². The van der Waals surface area contributed by atoms with Crippen LogP contribution < -0.4 is 11.1 Å². The molecule has 0 unspecified atom stereocenters. The highest BCUT2D eigenvalue weighted by Gasteiger charge is 2.11. The van der Waals surface area contributed by atoms with Gasteiger partial charge in [0.05, 0.1) is 12.1 Å². The van der Waals surface area contributed by atoms with Crippen LogP contribution in [0, 0.1) is 11.3 Å². The SMILES string of the molecule is CSCC[C@H](N)C(=O)NCCCCC#N. The Kier molecular flexibility index (Phi) is 9.33. The van der Waals surface area contributed by atoms with E-state index in [0.717, 1.165) is 18.6 Å². The van der Waals surface area contributed by atoms with Crippen molar-refractivity contribution >= 4 is 17.7 Å². The first-order chi connectivity index (χ1) is 7.22. The van der Waals surface area contributed by atoms with E-state index in [9.17, 15) is 4.79 Å². The van der Waals surface area contributed by atoms with E-state index in [1.165, 1.54) is 0 Å². The van der Waals surface area contributed by atoms with Gasteiger partial charge in [-0.15, -0.1) is 0 Å². The zero-order chi connectivity index (χ0) is 11.5. The molecule has 1 amide bonds. The average Bonchev–Trinajstić information content (AvgIpc) is 2.25. The molecule has 0 heterocycles. The van der Waals surface area contributed by atoms with Crippen LogP contribution >= 0.6 is 11.8 Å². The molecule has 0 aromatic carbocycles. The van der Waals surface area contributed by atoms with E-state index < -0.39 is 6.04 Å². The van der Waals surface area contributed by atoms with Gasteiger partial charge < -0.3 is 11.1 Å². The van der Waals surface area contributed by atoms with E-state index in [0.29, 0.717) is 19.4 Å². The molecule has 0 saturated heterocycles.